The third kappa shape index (κ3) is 3.74. The van der Waals surface area contributed by atoms with E-state index in [-0.39, 0.29) is 23.7 Å². The predicted molar refractivity (Wildman–Crippen MR) is 105 cm³/mol. The number of rotatable bonds is 3. The van der Waals surface area contributed by atoms with Crippen LogP contribution in [0.5, 0.6) is 0 Å². The van der Waals surface area contributed by atoms with Crippen molar-refractivity contribution in [3.63, 3.8) is 0 Å². The predicted octanol–water partition coefficient (Wildman–Crippen LogP) is 3.22. The van der Waals surface area contributed by atoms with Gasteiger partial charge < -0.3 is 15.0 Å². The molecule has 140 valence electrons. The molecule has 1 heterocycles. The normalized spacial score (nSPS) is 22.6. The molecule has 2 aliphatic rings. The van der Waals surface area contributed by atoms with Crippen molar-refractivity contribution in [3.8, 4) is 0 Å². The number of amides is 2. The molecule has 1 saturated heterocycles. The molecule has 2 atom stereocenters. The summed E-state index contributed by atoms with van der Waals surface area (Å²) in [5.41, 5.74) is 0.797. The number of morpholine rings is 1. The molecule has 5 nitrogen and oxygen atoms in total. The highest BCUT2D eigenvalue weighted by atomic mass is 16.5. The quantitative estimate of drug-likeness (QED) is 0.851. The van der Waals surface area contributed by atoms with E-state index in [0.717, 1.165) is 16.5 Å². The summed E-state index contributed by atoms with van der Waals surface area (Å²) < 4.78 is 5.34. The molecule has 2 aromatic rings. The molecule has 1 N–H and O–H groups in total. The Morgan fingerprint density at radius 1 is 0.926 bits per heavy atom. The number of hydrogen-bond acceptors (Lipinski definition) is 3. The summed E-state index contributed by atoms with van der Waals surface area (Å²) in [6.07, 6.45) is 5.24. The minimum atomic E-state index is -0.343. The number of carbonyl (C=O) groups excluding carboxylic acids is 2. The van der Waals surface area contributed by atoms with E-state index < -0.39 is 0 Å². The zero-order valence-corrected chi connectivity index (χ0v) is 15.3. The summed E-state index contributed by atoms with van der Waals surface area (Å²) in [6, 6.07) is 13.9. The molecule has 0 aromatic heterocycles. The van der Waals surface area contributed by atoms with Crippen molar-refractivity contribution >= 4 is 28.3 Å². The van der Waals surface area contributed by atoms with Gasteiger partial charge in [-0.15, -0.1) is 0 Å². The monoisotopic (exact) mass is 364 g/mol. The van der Waals surface area contributed by atoms with Crippen LogP contribution in [0.25, 0.3) is 10.8 Å². The van der Waals surface area contributed by atoms with Crippen LogP contribution >= 0.6 is 0 Å². The second kappa shape index (κ2) is 7.92. The third-order valence-electron chi connectivity index (χ3n) is 5.46. The van der Waals surface area contributed by atoms with E-state index >= 15 is 0 Å². The van der Waals surface area contributed by atoms with Crippen LogP contribution in [-0.4, -0.2) is 43.0 Å². The summed E-state index contributed by atoms with van der Waals surface area (Å²) in [5.74, 6) is -0.657. The number of benzene rings is 2. The van der Waals surface area contributed by atoms with Crippen LogP contribution in [0.4, 0.5) is 5.69 Å². The largest absolute Gasteiger partial charge is 0.378 e. The average Bonchev–Trinajstić information content (AvgIpc) is 2.74. The van der Waals surface area contributed by atoms with E-state index in [2.05, 4.69) is 5.32 Å². The lowest BCUT2D eigenvalue weighted by molar-refractivity contribution is -0.144. The van der Waals surface area contributed by atoms with Gasteiger partial charge in [0, 0.05) is 24.2 Å². The maximum absolute atomic E-state index is 13.1. The van der Waals surface area contributed by atoms with Crippen LogP contribution in [0.2, 0.25) is 0 Å². The van der Waals surface area contributed by atoms with Gasteiger partial charge in [-0.1, -0.05) is 48.6 Å². The van der Waals surface area contributed by atoms with Gasteiger partial charge in [-0.2, -0.15) is 0 Å². The number of nitrogens with zero attached hydrogens (tertiary/aromatic N) is 1. The van der Waals surface area contributed by atoms with Gasteiger partial charge in [-0.25, -0.2) is 0 Å². The Bertz CT molecular complexity index is 865. The zero-order chi connectivity index (χ0) is 18.6. The number of carbonyl (C=O) groups is 2. The minimum Gasteiger partial charge on any atom is -0.378 e. The fourth-order valence-corrected chi connectivity index (χ4v) is 3.95. The van der Waals surface area contributed by atoms with Gasteiger partial charge >= 0.3 is 0 Å². The minimum absolute atomic E-state index is 0.0701. The van der Waals surface area contributed by atoms with Crippen molar-refractivity contribution in [1.82, 2.24) is 4.90 Å². The van der Waals surface area contributed by atoms with Crippen LogP contribution in [0, 0.1) is 11.8 Å². The number of allylic oxidation sites excluding steroid dienone is 2. The number of nitrogens with one attached hydrogen (secondary N) is 1. The summed E-state index contributed by atoms with van der Waals surface area (Å²) in [4.78, 5) is 27.9. The van der Waals surface area contributed by atoms with Gasteiger partial charge in [-0.05, 0) is 24.3 Å². The lowest BCUT2D eigenvalue weighted by Crippen LogP contribution is -2.47. The molecule has 0 saturated carbocycles. The smallest absolute Gasteiger partial charge is 0.228 e. The van der Waals surface area contributed by atoms with E-state index in [1.165, 1.54) is 0 Å². The van der Waals surface area contributed by atoms with Crippen LogP contribution in [0.3, 0.4) is 0 Å². The second-order valence-electron chi connectivity index (χ2n) is 7.11. The van der Waals surface area contributed by atoms with Crippen molar-refractivity contribution in [2.75, 3.05) is 31.6 Å². The molecule has 0 radical (unpaired) electrons. The first-order valence-corrected chi connectivity index (χ1v) is 9.54. The Labute approximate surface area is 159 Å². The first kappa shape index (κ1) is 17.7. The van der Waals surface area contributed by atoms with Crippen molar-refractivity contribution in [2.45, 2.75) is 12.8 Å². The van der Waals surface area contributed by atoms with Gasteiger partial charge in [0.25, 0.3) is 0 Å². The molecule has 0 bridgehead atoms. The van der Waals surface area contributed by atoms with E-state index in [1.54, 1.807) is 0 Å². The van der Waals surface area contributed by atoms with E-state index in [0.29, 0.717) is 39.1 Å². The maximum Gasteiger partial charge on any atom is 0.228 e. The zero-order valence-electron chi connectivity index (χ0n) is 15.3. The molecular formula is C22H24N2O3. The fourth-order valence-electron chi connectivity index (χ4n) is 3.95. The summed E-state index contributed by atoms with van der Waals surface area (Å²) >= 11 is 0. The molecule has 1 aliphatic heterocycles. The van der Waals surface area contributed by atoms with Gasteiger partial charge in [0.2, 0.25) is 11.8 Å². The maximum atomic E-state index is 13.1. The Balaban J connectivity index is 1.53. The summed E-state index contributed by atoms with van der Waals surface area (Å²) in [6.45, 7) is 2.36. The molecule has 2 aromatic carbocycles. The molecule has 2 unspecified atom stereocenters. The summed E-state index contributed by atoms with van der Waals surface area (Å²) in [5, 5.41) is 5.17. The van der Waals surface area contributed by atoms with E-state index in [9.17, 15) is 9.59 Å². The van der Waals surface area contributed by atoms with Crippen molar-refractivity contribution in [1.29, 1.82) is 0 Å². The standard InChI is InChI=1S/C22H24N2O3/c25-21(23-20-11-5-7-16-6-1-2-8-17(16)20)18-9-3-4-10-19(18)22(26)24-12-14-27-15-13-24/h1-8,11,18-19H,9-10,12-15H2,(H,23,25). The van der Waals surface area contributed by atoms with Gasteiger partial charge in [0.15, 0.2) is 0 Å². The molecule has 1 fully saturated rings. The van der Waals surface area contributed by atoms with Crippen LogP contribution < -0.4 is 5.32 Å². The van der Waals surface area contributed by atoms with Gasteiger partial charge in [0.1, 0.15) is 0 Å². The Hall–Kier alpha value is -2.66. The Morgan fingerprint density at radius 3 is 2.44 bits per heavy atom. The number of hydrogen-bond donors (Lipinski definition) is 1. The SMILES string of the molecule is O=C(Nc1cccc2ccccc12)C1CC=CCC1C(=O)N1CCOCC1. The highest BCUT2D eigenvalue weighted by Gasteiger charge is 2.36. The van der Waals surface area contributed by atoms with Crippen molar-refractivity contribution in [3.05, 3.63) is 54.6 Å². The Kier molecular flexibility index (Phi) is 5.21. The van der Waals surface area contributed by atoms with Crippen LogP contribution in [0.1, 0.15) is 12.8 Å². The lowest BCUT2D eigenvalue weighted by Gasteiger charge is -2.34. The summed E-state index contributed by atoms with van der Waals surface area (Å²) in [7, 11) is 0. The van der Waals surface area contributed by atoms with Crippen LogP contribution in [-0.2, 0) is 14.3 Å². The van der Waals surface area contributed by atoms with Gasteiger partial charge in [-0.3, -0.25) is 9.59 Å². The first-order chi connectivity index (χ1) is 13.2. The highest BCUT2D eigenvalue weighted by Crippen LogP contribution is 2.30. The Morgan fingerprint density at radius 2 is 1.63 bits per heavy atom. The van der Waals surface area contributed by atoms with E-state index in [1.807, 2.05) is 59.5 Å². The molecular weight excluding hydrogens is 340 g/mol. The molecule has 0 spiro atoms. The third-order valence-corrected chi connectivity index (χ3v) is 5.46. The topological polar surface area (TPSA) is 58.6 Å². The molecule has 27 heavy (non-hydrogen) atoms. The second-order valence-corrected chi connectivity index (χ2v) is 7.11. The number of fused-ring (bicyclic) bond motifs is 1. The molecule has 5 heteroatoms. The van der Waals surface area contributed by atoms with Crippen molar-refractivity contribution < 1.29 is 14.3 Å². The lowest BCUT2D eigenvalue weighted by atomic mass is 9.81. The number of ether oxygens (including phenoxy) is 1. The molecule has 4 rings (SSSR count). The van der Waals surface area contributed by atoms with Crippen molar-refractivity contribution in [2.24, 2.45) is 11.8 Å². The molecule has 2 amide bonds. The average molecular weight is 364 g/mol. The fraction of sp³-hybridized carbons (Fsp3) is 0.364. The first-order valence-electron chi connectivity index (χ1n) is 9.54. The van der Waals surface area contributed by atoms with Crippen LogP contribution in [0.15, 0.2) is 54.6 Å². The number of anilines is 1. The molecule has 1 aliphatic carbocycles. The van der Waals surface area contributed by atoms with Gasteiger partial charge in [0.05, 0.1) is 25.0 Å². The highest BCUT2D eigenvalue weighted by molar-refractivity contribution is 6.04. The van der Waals surface area contributed by atoms with E-state index in [4.69, 9.17) is 4.74 Å².